The summed E-state index contributed by atoms with van der Waals surface area (Å²) in [5.41, 5.74) is 1.46. The highest BCUT2D eigenvalue weighted by Gasteiger charge is 2.09. The van der Waals surface area contributed by atoms with Crippen molar-refractivity contribution >= 4 is 17.3 Å². The van der Waals surface area contributed by atoms with E-state index in [4.69, 9.17) is 0 Å². The van der Waals surface area contributed by atoms with Gasteiger partial charge in [0.25, 0.3) is 0 Å². The lowest BCUT2D eigenvalue weighted by Crippen LogP contribution is -2.17. The van der Waals surface area contributed by atoms with E-state index in [0.717, 1.165) is 5.69 Å². The standard InChI is InChI=1S/C13H16N2O2S/c1-9(12-4-3-7-18-12)14-8-10-5-6-11(15-10)13(16)17-2/h3-7,9,14-15H,8H2,1-2H3/t9-/m1/s1. The Kier molecular flexibility index (Phi) is 4.17. The van der Waals surface area contributed by atoms with Crippen LogP contribution >= 0.6 is 11.3 Å². The van der Waals surface area contributed by atoms with E-state index in [1.54, 1.807) is 17.4 Å². The molecule has 0 amide bonds. The van der Waals surface area contributed by atoms with Crippen LogP contribution in [0.4, 0.5) is 0 Å². The number of hydrogen-bond donors (Lipinski definition) is 2. The predicted octanol–water partition coefficient (Wildman–Crippen LogP) is 2.71. The van der Waals surface area contributed by atoms with E-state index in [2.05, 4.69) is 33.4 Å². The number of H-pyrrole nitrogens is 1. The second kappa shape index (κ2) is 5.84. The van der Waals surface area contributed by atoms with Crippen LogP contribution in [0.5, 0.6) is 0 Å². The van der Waals surface area contributed by atoms with E-state index in [1.165, 1.54) is 12.0 Å². The largest absolute Gasteiger partial charge is 0.464 e. The lowest BCUT2D eigenvalue weighted by Gasteiger charge is -2.10. The molecule has 2 rings (SSSR count). The fraction of sp³-hybridized carbons (Fsp3) is 0.308. The zero-order chi connectivity index (χ0) is 13.0. The van der Waals surface area contributed by atoms with E-state index >= 15 is 0 Å². The number of aromatic nitrogens is 1. The third-order valence-corrected chi connectivity index (χ3v) is 3.78. The van der Waals surface area contributed by atoms with Crippen LogP contribution in [0.3, 0.4) is 0 Å². The van der Waals surface area contributed by atoms with Gasteiger partial charge in [-0.05, 0) is 30.5 Å². The van der Waals surface area contributed by atoms with E-state index in [9.17, 15) is 4.79 Å². The summed E-state index contributed by atoms with van der Waals surface area (Å²) in [4.78, 5) is 15.6. The Morgan fingerprint density at radius 2 is 2.33 bits per heavy atom. The minimum atomic E-state index is -0.340. The first kappa shape index (κ1) is 12.9. The molecule has 1 atom stereocenters. The number of hydrogen-bond acceptors (Lipinski definition) is 4. The van der Waals surface area contributed by atoms with Crippen molar-refractivity contribution in [2.24, 2.45) is 0 Å². The maximum absolute atomic E-state index is 11.3. The molecule has 0 saturated carbocycles. The quantitative estimate of drug-likeness (QED) is 0.816. The predicted molar refractivity (Wildman–Crippen MR) is 71.7 cm³/mol. The third-order valence-electron chi connectivity index (χ3n) is 2.72. The van der Waals surface area contributed by atoms with Crippen LogP contribution in [0.1, 0.15) is 34.0 Å². The maximum Gasteiger partial charge on any atom is 0.354 e. The third kappa shape index (κ3) is 3.00. The van der Waals surface area contributed by atoms with Crippen LogP contribution in [0.15, 0.2) is 29.6 Å². The number of thiophene rings is 1. The Labute approximate surface area is 110 Å². The van der Waals surface area contributed by atoms with Crippen LogP contribution in [-0.2, 0) is 11.3 Å². The van der Waals surface area contributed by atoms with E-state index < -0.39 is 0 Å². The van der Waals surface area contributed by atoms with Crippen LogP contribution < -0.4 is 5.32 Å². The molecule has 0 fully saturated rings. The van der Waals surface area contributed by atoms with E-state index in [-0.39, 0.29) is 5.97 Å². The second-order valence-electron chi connectivity index (χ2n) is 4.01. The SMILES string of the molecule is COC(=O)c1ccc(CN[C@H](C)c2cccs2)[nH]1. The van der Waals surface area contributed by atoms with Gasteiger partial charge >= 0.3 is 5.97 Å². The molecule has 2 heterocycles. The number of rotatable bonds is 5. The van der Waals surface area contributed by atoms with Gasteiger partial charge in [-0.15, -0.1) is 11.3 Å². The Morgan fingerprint density at radius 3 is 3.00 bits per heavy atom. The first-order valence-electron chi connectivity index (χ1n) is 5.73. The van der Waals surface area contributed by atoms with Crippen molar-refractivity contribution in [1.82, 2.24) is 10.3 Å². The van der Waals surface area contributed by atoms with E-state index in [1.807, 2.05) is 12.1 Å². The first-order valence-corrected chi connectivity index (χ1v) is 6.61. The molecule has 0 aliphatic rings. The summed E-state index contributed by atoms with van der Waals surface area (Å²) >= 11 is 1.73. The number of methoxy groups -OCH3 is 1. The Morgan fingerprint density at radius 1 is 1.50 bits per heavy atom. The van der Waals surface area contributed by atoms with Crippen LogP contribution in [0, 0.1) is 0 Å². The summed E-state index contributed by atoms with van der Waals surface area (Å²) in [6, 6.07) is 8.08. The number of carbonyl (C=O) groups excluding carboxylic acids is 1. The molecule has 4 nitrogen and oxygen atoms in total. The molecule has 0 aliphatic heterocycles. The molecule has 5 heteroatoms. The highest BCUT2D eigenvalue weighted by molar-refractivity contribution is 7.10. The van der Waals surface area contributed by atoms with Crippen LogP contribution in [0.25, 0.3) is 0 Å². The average Bonchev–Trinajstić information content (AvgIpc) is 3.05. The fourth-order valence-electron chi connectivity index (χ4n) is 1.67. The second-order valence-corrected chi connectivity index (χ2v) is 4.99. The lowest BCUT2D eigenvalue weighted by molar-refractivity contribution is 0.0594. The number of ether oxygens (including phenoxy) is 1. The van der Waals surface area contributed by atoms with Crippen molar-refractivity contribution in [2.75, 3.05) is 7.11 Å². The highest BCUT2D eigenvalue weighted by Crippen LogP contribution is 2.18. The Bertz CT molecular complexity index is 505. The number of carbonyl (C=O) groups is 1. The Balaban J connectivity index is 1.90. The summed E-state index contributed by atoms with van der Waals surface area (Å²) in [5.74, 6) is -0.340. The minimum Gasteiger partial charge on any atom is -0.464 e. The molecular formula is C13H16N2O2S. The summed E-state index contributed by atoms with van der Waals surface area (Å²) < 4.78 is 4.65. The fourth-order valence-corrected chi connectivity index (χ4v) is 2.43. The summed E-state index contributed by atoms with van der Waals surface area (Å²) in [5, 5.41) is 5.47. The van der Waals surface area contributed by atoms with Crippen molar-refractivity contribution in [3.8, 4) is 0 Å². The van der Waals surface area contributed by atoms with Gasteiger partial charge in [0.05, 0.1) is 7.11 Å². The molecule has 0 bridgehead atoms. The van der Waals surface area contributed by atoms with Crippen molar-refractivity contribution < 1.29 is 9.53 Å². The van der Waals surface area contributed by atoms with Crippen molar-refractivity contribution in [3.63, 3.8) is 0 Å². The monoisotopic (exact) mass is 264 g/mol. The Hall–Kier alpha value is -1.59. The average molecular weight is 264 g/mol. The van der Waals surface area contributed by atoms with Crippen LogP contribution in [0.2, 0.25) is 0 Å². The molecule has 2 aromatic heterocycles. The normalized spacial score (nSPS) is 12.3. The molecule has 2 N–H and O–H groups in total. The number of esters is 1. The topological polar surface area (TPSA) is 54.1 Å². The maximum atomic E-state index is 11.3. The smallest absolute Gasteiger partial charge is 0.354 e. The minimum absolute atomic E-state index is 0.301. The molecule has 0 spiro atoms. The molecule has 0 saturated heterocycles. The molecule has 0 aliphatic carbocycles. The van der Waals surface area contributed by atoms with Gasteiger partial charge in [-0.2, -0.15) is 0 Å². The van der Waals surface area contributed by atoms with Gasteiger partial charge in [0.2, 0.25) is 0 Å². The number of aromatic amines is 1. The van der Waals surface area contributed by atoms with Gasteiger partial charge < -0.3 is 15.0 Å². The van der Waals surface area contributed by atoms with Crippen molar-refractivity contribution in [2.45, 2.75) is 19.5 Å². The summed E-state index contributed by atoms with van der Waals surface area (Å²) in [6.45, 7) is 2.81. The molecule has 18 heavy (non-hydrogen) atoms. The van der Waals surface area contributed by atoms with Gasteiger partial charge in [0.1, 0.15) is 5.69 Å². The van der Waals surface area contributed by atoms with Gasteiger partial charge in [-0.1, -0.05) is 6.07 Å². The van der Waals surface area contributed by atoms with Gasteiger partial charge in [-0.3, -0.25) is 0 Å². The van der Waals surface area contributed by atoms with E-state index in [0.29, 0.717) is 18.3 Å². The lowest BCUT2D eigenvalue weighted by atomic mass is 10.2. The zero-order valence-electron chi connectivity index (χ0n) is 10.4. The van der Waals surface area contributed by atoms with Crippen LogP contribution in [-0.4, -0.2) is 18.1 Å². The highest BCUT2D eigenvalue weighted by atomic mass is 32.1. The van der Waals surface area contributed by atoms with Gasteiger partial charge in [0.15, 0.2) is 0 Å². The molecule has 0 aromatic carbocycles. The number of nitrogens with one attached hydrogen (secondary N) is 2. The summed E-state index contributed by atoms with van der Waals surface area (Å²) in [6.07, 6.45) is 0. The van der Waals surface area contributed by atoms with Crippen molar-refractivity contribution in [1.29, 1.82) is 0 Å². The summed E-state index contributed by atoms with van der Waals surface area (Å²) in [7, 11) is 1.37. The molecular weight excluding hydrogens is 248 g/mol. The molecule has 0 unspecified atom stereocenters. The van der Waals surface area contributed by atoms with Crippen molar-refractivity contribution in [3.05, 3.63) is 45.9 Å². The molecule has 2 aromatic rings. The van der Waals surface area contributed by atoms with Gasteiger partial charge in [-0.25, -0.2) is 4.79 Å². The molecule has 96 valence electrons. The first-order chi connectivity index (χ1) is 8.70. The molecule has 0 radical (unpaired) electrons. The van der Waals surface area contributed by atoms with Gasteiger partial charge in [0, 0.05) is 23.2 Å². The zero-order valence-corrected chi connectivity index (χ0v) is 11.2.